The van der Waals surface area contributed by atoms with Crippen LogP contribution in [0.1, 0.15) is 5.56 Å². The predicted octanol–water partition coefficient (Wildman–Crippen LogP) is 1.02. The van der Waals surface area contributed by atoms with Crippen LogP contribution < -0.4 is 0 Å². The average molecular weight is 326 g/mol. The molecule has 0 aromatic heterocycles. The van der Waals surface area contributed by atoms with Gasteiger partial charge in [-0.15, -0.1) is 0 Å². The van der Waals surface area contributed by atoms with E-state index in [0.717, 1.165) is 18.2 Å². The first-order valence-corrected chi connectivity index (χ1v) is 7.75. The molecule has 0 radical (unpaired) electrons. The average Bonchev–Trinajstić information content (AvgIpc) is 2.54. The van der Waals surface area contributed by atoms with Gasteiger partial charge in [-0.2, -0.15) is 0 Å². The molecular weight excluding hydrogens is 306 g/mol. The molecule has 2 aliphatic heterocycles. The number of piperazine rings is 1. The highest BCUT2D eigenvalue weighted by Crippen LogP contribution is 2.15. The van der Waals surface area contributed by atoms with Crippen LogP contribution in [-0.4, -0.2) is 67.8 Å². The number of rotatable bonds is 4. The number of halogens is 2. The van der Waals surface area contributed by atoms with E-state index in [2.05, 4.69) is 0 Å². The molecular formula is C16H20F2N2O3. The maximum absolute atomic E-state index is 13.7. The van der Waals surface area contributed by atoms with E-state index in [-0.39, 0.29) is 30.7 Å². The van der Waals surface area contributed by atoms with Gasteiger partial charge < -0.3 is 14.4 Å². The van der Waals surface area contributed by atoms with Gasteiger partial charge in [-0.05, 0) is 18.2 Å². The zero-order valence-electron chi connectivity index (χ0n) is 12.8. The number of ether oxygens (including phenoxy) is 2. The van der Waals surface area contributed by atoms with Crippen LogP contribution in [0.2, 0.25) is 0 Å². The first-order chi connectivity index (χ1) is 11.1. The molecule has 126 valence electrons. The second-order valence-electron chi connectivity index (χ2n) is 5.85. The maximum Gasteiger partial charge on any atom is 0.237 e. The fourth-order valence-corrected chi connectivity index (χ4v) is 2.88. The van der Waals surface area contributed by atoms with Crippen LogP contribution in [0.25, 0.3) is 0 Å². The summed E-state index contributed by atoms with van der Waals surface area (Å²) in [7, 11) is 0. The number of carbonyl (C=O) groups excluding carboxylic acids is 1. The molecule has 2 saturated heterocycles. The highest BCUT2D eigenvalue weighted by atomic mass is 19.1. The lowest BCUT2D eigenvalue weighted by atomic mass is 10.1. The quantitative estimate of drug-likeness (QED) is 0.829. The molecule has 1 amide bonds. The Bertz CT molecular complexity index is 564. The van der Waals surface area contributed by atoms with Crippen LogP contribution in [-0.2, 0) is 20.8 Å². The Kier molecular flexibility index (Phi) is 5.20. The number of benzene rings is 1. The van der Waals surface area contributed by atoms with Crippen LogP contribution in [0.15, 0.2) is 18.2 Å². The predicted molar refractivity (Wildman–Crippen MR) is 78.8 cm³/mol. The van der Waals surface area contributed by atoms with Gasteiger partial charge in [0, 0.05) is 31.7 Å². The van der Waals surface area contributed by atoms with Crippen molar-refractivity contribution >= 4 is 5.91 Å². The van der Waals surface area contributed by atoms with E-state index < -0.39 is 11.6 Å². The minimum absolute atomic E-state index is 0.0104. The minimum Gasteiger partial charge on any atom is -0.376 e. The summed E-state index contributed by atoms with van der Waals surface area (Å²) < 4.78 is 37.8. The second kappa shape index (κ2) is 7.33. The molecule has 3 rings (SSSR count). The lowest BCUT2D eigenvalue weighted by Gasteiger charge is -2.36. The Balaban J connectivity index is 1.54. The number of hydrogen-bond donors (Lipinski definition) is 0. The summed E-state index contributed by atoms with van der Waals surface area (Å²) in [5.41, 5.74) is 0.204. The number of nitrogens with zero attached hydrogens (tertiary/aromatic N) is 2. The molecule has 23 heavy (non-hydrogen) atoms. The van der Waals surface area contributed by atoms with Gasteiger partial charge in [-0.25, -0.2) is 8.78 Å². The highest BCUT2D eigenvalue weighted by Gasteiger charge is 2.27. The van der Waals surface area contributed by atoms with Crippen molar-refractivity contribution in [3.05, 3.63) is 35.4 Å². The van der Waals surface area contributed by atoms with E-state index in [9.17, 15) is 13.6 Å². The summed E-state index contributed by atoms with van der Waals surface area (Å²) in [6.07, 6.45) is -0.0104. The van der Waals surface area contributed by atoms with E-state index in [4.69, 9.17) is 9.47 Å². The summed E-state index contributed by atoms with van der Waals surface area (Å²) >= 11 is 0. The van der Waals surface area contributed by atoms with E-state index in [1.54, 1.807) is 4.90 Å². The monoisotopic (exact) mass is 326 g/mol. The van der Waals surface area contributed by atoms with Gasteiger partial charge >= 0.3 is 0 Å². The first-order valence-electron chi connectivity index (χ1n) is 7.75. The van der Waals surface area contributed by atoms with E-state index >= 15 is 0 Å². The fraction of sp³-hybridized carbons (Fsp3) is 0.562. The third kappa shape index (κ3) is 4.25. The van der Waals surface area contributed by atoms with Gasteiger partial charge in [-0.3, -0.25) is 9.69 Å². The van der Waals surface area contributed by atoms with Crippen molar-refractivity contribution in [1.29, 1.82) is 0 Å². The standard InChI is InChI=1S/C16H20F2N2O3/c17-13-1-2-15(18)12(7-13)8-20-4-3-19(10-16(20)21)9-14-11-22-5-6-23-14/h1-2,7,14H,3-6,8-11H2. The van der Waals surface area contributed by atoms with Gasteiger partial charge in [0.15, 0.2) is 0 Å². The summed E-state index contributed by atoms with van der Waals surface area (Å²) in [4.78, 5) is 15.8. The van der Waals surface area contributed by atoms with Gasteiger partial charge in [-0.1, -0.05) is 0 Å². The van der Waals surface area contributed by atoms with Crippen molar-refractivity contribution in [1.82, 2.24) is 9.80 Å². The van der Waals surface area contributed by atoms with Crippen molar-refractivity contribution in [3.63, 3.8) is 0 Å². The van der Waals surface area contributed by atoms with Crippen LogP contribution >= 0.6 is 0 Å². The van der Waals surface area contributed by atoms with E-state index in [0.29, 0.717) is 39.5 Å². The Morgan fingerprint density at radius 2 is 2.09 bits per heavy atom. The molecule has 0 saturated carbocycles. The molecule has 0 aliphatic carbocycles. The smallest absolute Gasteiger partial charge is 0.237 e. The van der Waals surface area contributed by atoms with Crippen molar-refractivity contribution in [3.8, 4) is 0 Å². The molecule has 0 spiro atoms. The molecule has 2 heterocycles. The molecule has 0 bridgehead atoms. The molecule has 2 fully saturated rings. The second-order valence-corrected chi connectivity index (χ2v) is 5.85. The fourth-order valence-electron chi connectivity index (χ4n) is 2.88. The number of amides is 1. The maximum atomic E-state index is 13.7. The summed E-state index contributed by atoms with van der Waals surface area (Å²) in [5, 5.41) is 0. The SMILES string of the molecule is O=C1CN(CC2COCCO2)CCN1Cc1cc(F)ccc1F. The van der Waals surface area contributed by atoms with Crippen LogP contribution in [0.4, 0.5) is 8.78 Å². The molecule has 2 aliphatic rings. The molecule has 1 aromatic rings. The first kappa shape index (κ1) is 16.3. The molecule has 5 nitrogen and oxygen atoms in total. The Hall–Kier alpha value is -1.57. The van der Waals surface area contributed by atoms with Crippen molar-refractivity contribution < 1.29 is 23.0 Å². The highest BCUT2D eigenvalue weighted by molar-refractivity contribution is 5.79. The van der Waals surface area contributed by atoms with Crippen LogP contribution in [0.5, 0.6) is 0 Å². The van der Waals surface area contributed by atoms with Crippen molar-refractivity contribution in [2.24, 2.45) is 0 Å². The molecule has 0 N–H and O–H groups in total. The minimum atomic E-state index is -0.498. The van der Waals surface area contributed by atoms with Crippen LogP contribution in [0, 0.1) is 11.6 Å². The number of carbonyl (C=O) groups is 1. The van der Waals surface area contributed by atoms with Crippen LogP contribution in [0.3, 0.4) is 0 Å². The van der Waals surface area contributed by atoms with Gasteiger partial charge in [0.1, 0.15) is 11.6 Å². The number of hydrogen-bond acceptors (Lipinski definition) is 4. The van der Waals surface area contributed by atoms with Crippen molar-refractivity contribution in [2.45, 2.75) is 12.6 Å². The van der Waals surface area contributed by atoms with Crippen molar-refractivity contribution in [2.75, 3.05) is 46.0 Å². The Morgan fingerprint density at radius 3 is 2.83 bits per heavy atom. The summed E-state index contributed by atoms with van der Waals surface area (Å²) in [6.45, 7) is 3.91. The Morgan fingerprint density at radius 1 is 1.22 bits per heavy atom. The van der Waals surface area contributed by atoms with Gasteiger partial charge in [0.25, 0.3) is 0 Å². The zero-order chi connectivity index (χ0) is 16.2. The molecule has 1 unspecified atom stereocenters. The van der Waals surface area contributed by atoms with E-state index in [1.165, 1.54) is 0 Å². The van der Waals surface area contributed by atoms with Gasteiger partial charge in [0.05, 0.1) is 32.5 Å². The molecule has 7 heteroatoms. The van der Waals surface area contributed by atoms with Gasteiger partial charge in [0.2, 0.25) is 5.91 Å². The normalized spacial score (nSPS) is 23.3. The summed E-state index contributed by atoms with van der Waals surface area (Å²) in [6, 6.07) is 3.30. The third-order valence-corrected chi connectivity index (χ3v) is 4.11. The lowest BCUT2D eigenvalue weighted by molar-refractivity contribution is -0.139. The summed E-state index contributed by atoms with van der Waals surface area (Å²) in [5.74, 6) is -1.08. The Labute approximate surface area is 133 Å². The molecule has 1 atom stereocenters. The largest absolute Gasteiger partial charge is 0.376 e. The molecule has 1 aromatic carbocycles. The zero-order valence-corrected chi connectivity index (χ0v) is 12.8. The third-order valence-electron chi connectivity index (χ3n) is 4.11. The topological polar surface area (TPSA) is 42.0 Å². The lowest BCUT2D eigenvalue weighted by Crippen LogP contribution is -2.52. The van der Waals surface area contributed by atoms with E-state index in [1.807, 2.05) is 4.90 Å².